The average molecular weight is 267 g/mol. The Balaban J connectivity index is 1.85. The molecule has 2 rings (SSSR count). The first-order chi connectivity index (χ1) is 9.11. The van der Waals surface area contributed by atoms with E-state index in [4.69, 9.17) is 0 Å². The maximum Gasteiger partial charge on any atom is 0.317 e. The number of piperidine rings is 1. The number of nitrogens with zero attached hydrogens (tertiary/aromatic N) is 4. The van der Waals surface area contributed by atoms with E-state index in [0.29, 0.717) is 19.6 Å². The van der Waals surface area contributed by atoms with Gasteiger partial charge in [-0.05, 0) is 19.3 Å². The Morgan fingerprint density at radius 2 is 2.42 bits per heavy atom. The van der Waals surface area contributed by atoms with Crippen molar-refractivity contribution < 1.29 is 9.90 Å². The van der Waals surface area contributed by atoms with Crippen molar-refractivity contribution in [1.82, 2.24) is 25.0 Å². The highest BCUT2D eigenvalue weighted by Crippen LogP contribution is 2.16. The monoisotopic (exact) mass is 267 g/mol. The lowest BCUT2D eigenvalue weighted by Crippen LogP contribution is -2.49. The molecule has 7 heteroatoms. The normalized spacial score (nSPS) is 23.4. The van der Waals surface area contributed by atoms with Crippen LogP contribution in [0.25, 0.3) is 0 Å². The fourth-order valence-corrected chi connectivity index (χ4v) is 2.19. The van der Waals surface area contributed by atoms with E-state index in [1.807, 2.05) is 13.8 Å². The molecule has 1 aliphatic rings. The number of β-amino-alcohol motifs (C(OH)–C–C–N with tert-alkyl or cyclic N) is 1. The number of hydrogen-bond donors (Lipinski definition) is 2. The van der Waals surface area contributed by atoms with Crippen molar-refractivity contribution in [3.8, 4) is 0 Å². The summed E-state index contributed by atoms with van der Waals surface area (Å²) in [5.74, 6) is 0.994. The van der Waals surface area contributed by atoms with Gasteiger partial charge in [0.1, 0.15) is 12.2 Å². The highest BCUT2D eigenvalue weighted by molar-refractivity contribution is 5.74. The predicted molar refractivity (Wildman–Crippen MR) is 69.3 cm³/mol. The van der Waals surface area contributed by atoms with Gasteiger partial charge in [-0.25, -0.2) is 14.5 Å². The van der Waals surface area contributed by atoms with Crippen molar-refractivity contribution in [2.24, 2.45) is 5.92 Å². The maximum absolute atomic E-state index is 12.0. The molecule has 19 heavy (non-hydrogen) atoms. The van der Waals surface area contributed by atoms with Gasteiger partial charge < -0.3 is 15.3 Å². The summed E-state index contributed by atoms with van der Waals surface area (Å²) in [6.45, 7) is 6.14. The van der Waals surface area contributed by atoms with E-state index < -0.39 is 6.10 Å². The topological polar surface area (TPSA) is 83.3 Å². The van der Waals surface area contributed by atoms with Crippen molar-refractivity contribution in [3.63, 3.8) is 0 Å². The van der Waals surface area contributed by atoms with Crippen LogP contribution in [-0.2, 0) is 13.1 Å². The minimum Gasteiger partial charge on any atom is -0.391 e. The van der Waals surface area contributed by atoms with Gasteiger partial charge in [0, 0.05) is 19.6 Å². The minimum atomic E-state index is -0.432. The number of hydrogen-bond acceptors (Lipinski definition) is 4. The maximum atomic E-state index is 12.0. The van der Waals surface area contributed by atoms with Crippen molar-refractivity contribution >= 4 is 6.03 Å². The molecule has 1 fully saturated rings. The highest BCUT2D eigenvalue weighted by atomic mass is 16.3. The van der Waals surface area contributed by atoms with Gasteiger partial charge in [0.15, 0.2) is 0 Å². The lowest BCUT2D eigenvalue weighted by molar-refractivity contribution is 0.0434. The van der Waals surface area contributed by atoms with Crippen LogP contribution in [0.4, 0.5) is 4.79 Å². The van der Waals surface area contributed by atoms with Crippen LogP contribution in [0.5, 0.6) is 0 Å². The second kappa shape index (κ2) is 6.01. The lowest BCUT2D eigenvalue weighted by atomic mass is 9.96. The molecule has 2 atom stereocenters. The Bertz CT molecular complexity index is 434. The number of aryl methyl sites for hydroxylation is 1. The standard InChI is InChI=1S/C12H21N5O2/c1-3-17-11(14-8-15-17)6-13-12(19)16-5-4-9(2)10(18)7-16/h8-10,18H,3-7H2,1-2H3,(H,13,19). The van der Waals surface area contributed by atoms with Gasteiger partial charge in [0.2, 0.25) is 0 Å². The second-order valence-electron chi connectivity index (χ2n) is 4.93. The van der Waals surface area contributed by atoms with E-state index in [9.17, 15) is 9.90 Å². The van der Waals surface area contributed by atoms with E-state index >= 15 is 0 Å². The molecular formula is C12H21N5O2. The van der Waals surface area contributed by atoms with Gasteiger partial charge >= 0.3 is 6.03 Å². The Morgan fingerprint density at radius 3 is 3.11 bits per heavy atom. The summed E-state index contributed by atoms with van der Waals surface area (Å²) < 4.78 is 1.74. The van der Waals surface area contributed by atoms with E-state index in [1.165, 1.54) is 6.33 Å². The number of urea groups is 1. The van der Waals surface area contributed by atoms with Crippen molar-refractivity contribution in [1.29, 1.82) is 0 Å². The van der Waals surface area contributed by atoms with Crippen LogP contribution in [0, 0.1) is 5.92 Å². The van der Waals surface area contributed by atoms with Crippen LogP contribution in [0.2, 0.25) is 0 Å². The predicted octanol–water partition coefficient (Wildman–Crippen LogP) is 0.210. The van der Waals surface area contributed by atoms with Crippen LogP contribution in [0.1, 0.15) is 26.1 Å². The molecule has 0 bridgehead atoms. The zero-order valence-corrected chi connectivity index (χ0v) is 11.4. The van der Waals surface area contributed by atoms with E-state index in [0.717, 1.165) is 18.8 Å². The first kappa shape index (κ1) is 13.8. The SMILES string of the molecule is CCn1ncnc1CNC(=O)N1CCC(C)C(O)C1. The molecule has 0 radical (unpaired) electrons. The van der Waals surface area contributed by atoms with E-state index in [-0.39, 0.29) is 11.9 Å². The third-order valence-electron chi connectivity index (χ3n) is 3.60. The minimum absolute atomic E-state index is 0.156. The van der Waals surface area contributed by atoms with E-state index in [1.54, 1.807) is 9.58 Å². The number of likely N-dealkylation sites (tertiary alicyclic amines) is 1. The molecule has 0 saturated carbocycles. The largest absolute Gasteiger partial charge is 0.391 e. The zero-order valence-electron chi connectivity index (χ0n) is 11.4. The van der Waals surface area contributed by atoms with Crippen molar-refractivity contribution in [2.45, 2.75) is 39.5 Å². The zero-order chi connectivity index (χ0) is 13.8. The van der Waals surface area contributed by atoms with Gasteiger partial charge in [-0.1, -0.05) is 6.92 Å². The smallest absolute Gasteiger partial charge is 0.317 e. The second-order valence-corrected chi connectivity index (χ2v) is 4.93. The number of amides is 2. The average Bonchev–Trinajstić information content (AvgIpc) is 2.86. The van der Waals surface area contributed by atoms with Crippen LogP contribution in [-0.4, -0.2) is 50.0 Å². The molecule has 7 nitrogen and oxygen atoms in total. The third-order valence-corrected chi connectivity index (χ3v) is 3.60. The first-order valence-corrected chi connectivity index (χ1v) is 6.69. The Labute approximate surface area is 112 Å². The van der Waals surface area contributed by atoms with Crippen molar-refractivity contribution in [2.75, 3.05) is 13.1 Å². The third kappa shape index (κ3) is 3.23. The van der Waals surface area contributed by atoms with Gasteiger partial charge in [0.05, 0.1) is 12.6 Å². The van der Waals surface area contributed by atoms with Gasteiger partial charge in [-0.15, -0.1) is 0 Å². The quantitative estimate of drug-likeness (QED) is 0.820. The molecule has 1 aromatic rings. The van der Waals surface area contributed by atoms with Crippen LogP contribution >= 0.6 is 0 Å². The Hall–Kier alpha value is -1.63. The molecule has 2 N–H and O–H groups in total. The number of rotatable bonds is 3. The van der Waals surface area contributed by atoms with Gasteiger partial charge in [-0.2, -0.15) is 5.10 Å². The molecule has 2 unspecified atom stereocenters. The van der Waals surface area contributed by atoms with Crippen LogP contribution < -0.4 is 5.32 Å². The number of aromatic nitrogens is 3. The summed E-state index contributed by atoms with van der Waals surface area (Å²) in [6.07, 6.45) is 1.88. The summed E-state index contributed by atoms with van der Waals surface area (Å²) in [7, 11) is 0. The fraction of sp³-hybridized carbons (Fsp3) is 0.750. The van der Waals surface area contributed by atoms with Crippen LogP contribution in [0.3, 0.4) is 0 Å². The molecule has 0 aliphatic carbocycles. The summed E-state index contributed by atoms with van der Waals surface area (Å²) in [5.41, 5.74) is 0. The molecule has 1 saturated heterocycles. The van der Waals surface area contributed by atoms with Gasteiger partial charge in [-0.3, -0.25) is 0 Å². The highest BCUT2D eigenvalue weighted by Gasteiger charge is 2.27. The lowest BCUT2D eigenvalue weighted by Gasteiger charge is -2.34. The summed E-state index contributed by atoms with van der Waals surface area (Å²) in [6, 6.07) is -0.156. The van der Waals surface area contributed by atoms with Crippen molar-refractivity contribution in [3.05, 3.63) is 12.2 Å². The molecule has 2 amide bonds. The number of carbonyl (C=O) groups excluding carboxylic acids is 1. The summed E-state index contributed by atoms with van der Waals surface area (Å²) >= 11 is 0. The fourth-order valence-electron chi connectivity index (χ4n) is 2.19. The first-order valence-electron chi connectivity index (χ1n) is 6.69. The molecule has 0 aromatic carbocycles. The number of aliphatic hydroxyl groups excluding tert-OH is 1. The Kier molecular flexibility index (Phi) is 4.36. The van der Waals surface area contributed by atoms with Gasteiger partial charge in [0.25, 0.3) is 0 Å². The molecule has 1 aliphatic heterocycles. The molecule has 0 spiro atoms. The molecule has 2 heterocycles. The Morgan fingerprint density at radius 1 is 1.63 bits per heavy atom. The number of carbonyl (C=O) groups is 1. The summed E-state index contributed by atoms with van der Waals surface area (Å²) in [5, 5.41) is 16.6. The molecular weight excluding hydrogens is 246 g/mol. The van der Waals surface area contributed by atoms with Crippen LogP contribution in [0.15, 0.2) is 6.33 Å². The number of aliphatic hydroxyl groups is 1. The summed E-state index contributed by atoms with van der Waals surface area (Å²) in [4.78, 5) is 17.7. The molecule has 106 valence electrons. The van der Waals surface area contributed by atoms with E-state index in [2.05, 4.69) is 15.4 Å². The molecule has 1 aromatic heterocycles. The number of nitrogens with one attached hydrogen (secondary N) is 1.